The molecule has 1 saturated carbocycles. The van der Waals surface area contributed by atoms with Gasteiger partial charge in [-0.15, -0.1) is 0 Å². The number of ether oxygens (including phenoxy) is 1. The van der Waals surface area contributed by atoms with Gasteiger partial charge < -0.3 is 15.4 Å². The number of hydrogen-bond donors (Lipinski definition) is 1. The number of methoxy groups -OCH3 is 1. The van der Waals surface area contributed by atoms with Crippen molar-refractivity contribution in [2.75, 3.05) is 27.2 Å². The molecule has 2 N–H and O–H groups in total. The second-order valence-corrected chi connectivity index (χ2v) is 5.58. The Balaban J connectivity index is 2.42. The number of esters is 1. The summed E-state index contributed by atoms with van der Waals surface area (Å²) in [6.07, 6.45) is -2.10. The smallest absolute Gasteiger partial charge is 0.390 e. The highest BCUT2D eigenvalue weighted by atomic mass is 19.4. The molecule has 2 unspecified atom stereocenters. The molecule has 0 aliphatic heterocycles. The molecule has 0 bridgehead atoms. The largest absolute Gasteiger partial charge is 0.468 e. The zero-order valence-corrected chi connectivity index (χ0v) is 12.0. The molecule has 4 nitrogen and oxygen atoms in total. The molecule has 1 aliphatic carbocycles. The van der Waals surface area contributed by atoms with Gasteiger partial charge in [0.2, 0.25) is 0 Å². The van der Waals surface area contributed by atoms with E-state index < -0.39 is 24.1 Å². The molecule has 0 heterocycles. The summed E-state index contributed by atoms with van der Waals surface area (Å²) in [5, 5.41) is 0. The quantitative estimate of drug-likeness (QED) is 0.761. The lowest BCUT2D eigenvalue weighted by Gasteiger charge is -2.30. The first kappa shape index (κ1) is 17.2. The summed E-state index contributed by atoms with van der Waals surface area (Å²) in [6.45, 7) is 0.461. The minimum Gasteiger partial charge on any atom is -0.468 e. The summed E-state index contributed by atoms with van der Waals surface area (Å²) in [5.74, 6) is -0.443. The Morgan fingerprint density at radius 2 is 2.10 bits per heavy atom. The van der Waals surface area contributed by atoms with Gasteiger partial charge in [-0.1, -0.05) is 6.42 Å². The van der Waals surface area contributed by atoms with Gasteiger partial charge in [-0.3, -0.25) is 4.79 Å². The van der Waals surface area contributed by atoms with Gasteiger partial charge in [0.15, 0.2) is 0 Å². The Hall–Kier alpha value is -0.820. The third-order valence-electron chi connectivity index (χ3n) is 4.07. The predicted molar refractivity (Wildman–Crippen MR) is 69.1 cm³/mol. The van der Waals surface area contributed by atoms with Crippen LogP contribution in [0.4, 0.5) is 13.2 Å². The molecule has 1 rings (SSSR count). The van der Waals surface area contributed by atoms with E-state index in [1.807, 2.05) is 0 Å². The Kier molecular flexibility index (Phi) is 5.82. The molecular formula is C13H23F3N2O2. The molecule has 1 fully saturated rings. The average molecular weight is 296 g/mol. The first-order chi connectivity index (χ1) is 9.19. The highest BCUT2D eigenvalue weighted by Gasteiger charge is 2.46. The zero-order valence-electron chi connectivity index (χ0n) is 12.0. The van der Waals surface area contributed by atoms with Gasteiger partial charge in [0, 0.05) is 6.54 Å². The van der Waals surface area contributed by atoms with Crippen molar-refractivity contribution in [3.05, 3.63) is 0 Å². The molecule has 0 aromatic carbocycles. The first-order valence-electron chi connectivity index (χ1n) is 6.81. The highest BCUT2D eigenvalue weighted by Crippen LogP contribution is 2.37. The number of nitrogens with zero attached hydrogens (tertiary/aromatic N) is 1. The van der Waals surface area contributed by atoms with Crippen molar-refractivity contribution in [1.82, 2.24) is 4.90 Å². The minimum absolute atomic E-state index is 0.0247. The van der Waals surface area contributed by atoms with E-state index in [-0.39, 0.29) is 12.5 Å². The molecule has 20 heavy (non-hydrogen) atoms. The lowest BCUT2D eigenvalue weighted by Crippen LogP contribution is -2.52. The van der Waals surface area contributed by atoms with Gasteiger partial charge in [-0.2, -0.15) is 13.2 Å². The highest BCUT2D eigenvalue weighted by molar-refractivity contribution is 5.81. The van der Waals surface area contributed by atoms with Crippen LogP contribution in [0.1, 0.15) is 32.1 Å². The fourth-order valence-electron chi connectivity index (χ4n) is 2.77. The molecule has 0 spiro atoms. The molecule has 2 atom stereocenters. The van der Waals surface area contributed by atoms with Crippen LogP contribution >= 0.6 is 0 Å². The summed E-state index contributed by atoms with van der Waals surface area (Å²) >= 11 is 0. The van der Waals surface area contributed by atoms with Crippen molar-refractivity contribution in [2.45, 2.75) is 43.8 Å². The molecule has 118 valence electrons. The Morgan fingerprint density at radius 3 is 2.65 bits per heavy atom. The minimum atomic E-state index is -4.13. The van der Waals surface area contributed by atoms with Crippen molar-refractivity contribution >= 4 is 5.97 Å². The zero-order chi connectivity index (χ0) is 15.4. The number of nitrogens with two attached hydrogens (primary N) is 1. The third kappa shape index (κ3) is 4.63. The Bertz CT molecular complexity index is 336. The number of halogens is 3. The summed E-state index contributed by atoms with van der Waals surface area (Å²) in [4.78, 5) is 13.4. The molecular weight excluding hydrogens is 273 g/mol. The standard InChI is InChI=1S/C13H23F3N2O2/c1-18(9-7-13(14,15)16)8-5-10-4-3-6-12(10,17)11(19)20-2/h10H,3-9,17H2,1-2H3. The lowest BCUT2D eigenvalue weighted by molar-refractivity contribution is -0.148. The SMILES string of the molecule is COC(=O)C1(N)CCCC1CCN(C)CCC(F)(F)F. The van der Waals surface area contributed by atoms with E-state index in [2.05, 4.69) is 0 Å². The van der Waals surface area contributed by atoms with Crippen LogP contribution in [0.2, 0.25) is 0 Å². The number of alkyl halides is 3. The maximum atomic E-state index is 12.1. The summed E-state index contributed by atoms with van der Waals surface area (Å²) in [6, 6.07) is 0. The van der Waals surface area contributed by atoms with E-state index >= 15 is 0 Å². The Labute approximate surface area is 117 Å². The lowest BCUT2D eigenvalue weighted by atomic mass is 9.85. The van der Waals surface area contributed by atoms with Crippen LogP contribution in [0.3, 0.4) is 0 Å². The van der Waals surface area contributed by atoms with E-state index in [0.717, 1.165) is 12.8 Å². The van der Waals surface area contributed by atoms with Crippen molar-refractivity contribution in [3.63, 3.8) is 0 Å². The van der Waals surface area contributed by atoms with E-state index in [1.165, 1.54) is 7.11 Å². The van der Waals surface area contributed by atoms with E-state index in [0.29, 0.717) is 19.4 Å². The molecule has 0 radical (unpaired) electrons. The van der Waals surface area contributed by atoms with Gasteiger partial charge in [0.05, 0.1) is 13.5 Å². The number of rotatable bonds is 6. The number of carbonyl (C=O) groups is 1. The van der Waals surface area contributed by atoms with Gasteiger partial charge >= 0.3 is 12.1 Å². The van der Waals surface area contributed by atoms with E-state index in [9.17, 15) is 18.0 Å². The summed E-state index contributed by atoms with van der Waals surface area (Å²) in [5.41, 5.74) is 5.14. The number of carbonyl (C=O) groups excluding carboxylic acids is 1. The fraction of sp³-hybridized carbons (Fsp3) is 0.923. The first-order valence-corrected chi connectivity index (χ1v) is 6.81. The van der Waals surface area contributed by atoms with Crippen molar-refractivity contribution in [2.24, 2.45) is 11.7 Å². The second-order valence-electron chi connectivity index (χ2n) is 5.58. The van der Waals surface area contributed by atoms with E-state index in [4.69, 9.17) is 10.5 Å². The average Bonchev–Trinajstić information content (AvgIpc) is 2.74. The van der Waals surface area contributed by atoms with Crippen LogP contribution in [0.15, 0.2) is 0 Å². The van der Waals surface area contributed by atoms with Crippen LogP contribution in [0, 0.1) is 5.92 Å². The normalized spacial score (nSPS) is 27.1. The number of hydrogen-bond acceptors (Lipinski definition) is 4. The monoisotopic (exact) mass is 296 g/mol. The van der Waals surface area contributed by atoms with Crippen LogP contribution in [-0.4, -0.2) is 49.8 Å². The molecule has 7 heteroatoms. The van der Waals surface area contributed by atoms with Gasteiger partial charge in [-0.25, -0.2) is 0 Å². The van der Waals surface area contributed by atoms with E-state index in [1.54, 1.807) is 11.9 Å². The fourth-order valence-corrected chi connectivity index (χ4v) is 2.77. The summed E-state index contributed by atoms with van der Waals surface area (Å²) < 4.78 is 41.1. The second kappa shape index (κ2) is 6.76. The molecule has 0 aromatic rings. The molecule has 0 amide bonds. The van der Waals surface area contributed by atoms with Gasteiger partial charge in [-0.05, 0) is 38.8 Å². The van der Waals surface area contributed by atoms with Crippen LogP contribution in [0.5, 0.6) is 0 Å². The van der Waals surface area contributed by atoms with Crippen molar-refractivity contribution < 1.29 is 22.7 Å². The third-order valence-corrected chi connectivity index (χ3v) is 4.07. The molecule has 0 saturated heterocycles. The van der Waals surface area contributed by atoms with Crippen LogP contribution in [-0.2, 0) is 9.53 Å². The van der Waals surface area contributed by atoms with Gasteiger partial charge in [0.1, 0.15) is 5.54 Å². The maximum Gasteiger partial charge on any atom is 0.390 e. The topological polar surface area (TPSA) is 55.6 Å². The van der Waals surface area contributed by atoms with Crippen LogP contribution < -0.4 is 5.73 Å². The molecule has 0 aromatic heterocycles. The van der Waals surface area contributed by atoms with Crippen LogP contribution in [0.25, 0.3) is 0 Å². The van der Waals surface area contributed by atoms with Gasteiger partial charge in [0.25, 0.3) is 0 Å². The van der Waals surface area contributed by atoms with Crippen molar-refractivity contribution in [3.8, 4) is 0 Å². The summed E-state index contributed by atoms with van der Waals surface area (Å²) in [7, 11) is 2.96. The Morgan fingerprint density at radius 1 is 1.45 bits per heavy atom. The maximum absolute atomic E-state index is 12.1. The molecule has 1 aliphatic rings. The predicted octanol–water partition coefficient (Wildman–Crippen LogP) is 1.93. The van der Waals surface area contributed by atoms with Crippen molar-refractivity contribution in [1.29, 1.82) is 0 Å².